The molecule has 0 bridgehead atoms. The van der Waals surface area contributed by atoms with E-state index < -0.39 is 21.8 Å². The lowest BCUT2D eigenvalue weighted by Gasteiger charge is -2.25. The van der Waals surface area contributed by atoms with E-state index in [1.165, 1.54) is 4.31 Å². The molecule has 1 aliphatic rings. The van der Waals surface area contributed by atoms with E-state index in [2.05, 4.69) is 10.6 Å². The van der Waals surface area contributed by atoms with Crippen molar-refractivity contribution in [2.24, 2.45) is 5.73 Å². The van der Waals surface area contributed by atoms with Crippen LogP contribution in [-0.2, 0) is 19.6 Å². The highest BCUT2D eigenvalue weighted by Crippen LogP contribution is 2.42. The van der Waals surface area contributed by atoms with Crippen LogP contribution < -0.4 is 16.4 Å². The van der Waals surface area contributed by atoms with Crippen molar-refractivity contribution in [3.63, 3.8) is 0 Å². The van der Waals surface area contributed by atoms with Gasteiger partial charge in [0, 0.05) is 25.9 Å². The average Bonchev–Trinajstić information content (AvgIpc) is 3.01. The molecule has 0 radical (unpaired) electrons. The summed E-state index contributed by atoms with van der Waals surface area (Å²) >= 11 is 0.752. The number of carbonyl (C=O) groups is 3. The number of nitrogens with one attached hydrogen (secondary N) is 2. The molecule has 1 aliphatic heterocycles. The smallest absolute Gasteiger partial charge is 0.254 e. The van der Waals surface area contributed by atoms with Gasteiger partial charge in [-0.1, -0.05) is 20.3 Å². The largest absolute Gasteiger partial charge is 0.365 e. The number of primary amides is 1. The fourth-order valence-corrected chi connectivity index (χ4v) is 6.38. The maximum atomic E-state index is 13.3. The van der Waals surface area contributed by atoms with Crippen LogP contribution in [0.25, 0.3) is 0 Å². The van der Waals surface area contributed by atoms with Crippen molar-refractivity contribution in [1.82, 2.24) is 4.31 Å². The summed E-state index contributed by atoms with van der Waals surface area (Å²) in [4.78, 5) is 36.5. The molecule has 11 heteroatoms. The first-order chi connectivity index (χ1) is 13.7. The Labute approximate surface area is 175 Å². The first-order valence-corrected chi connectivity index (χ1v) is 12.0. The van der Waals surface area contributed by atoms with Crippen molar-refractivity contribution in [2.45, 2.75) is 63.0 Å². The van der Waals surface area contributed by atoms with E-state index in [4.69, 9.17) is 5.73 Å². The molecule has 0 spiro atoms. The number of nitrogens with zero attached hydrogens (tertiary/aromatic N) is 1. The van der Waals surface area contributed by atoms with Gasteiger partial charge in [-0.15, -0.1) is 11.3 Å². The van der Waals surface area contributed by atoms with Gasteiger partial charge in [-0.3, -0.25) is 14.4 Å². The minimum absolute atomic E-state index is 0.0401. The SMILES string of the molecule is CCCC(=O)Nc1sc(S(=O)(=O)N2CCCCC2)c(NC(=O)CCC)c1C(N)=O. The van der Waals surface area contributed by atoms with Gasteiger partial charge >= 0.3 is 0 Å². The van der Waals surface area contributed by atoms with E-state index in [1.807, 2.05) is 13.8 Å². The molecular formula is C18H28N4O5S2. The third-order valence-corrected chi connectivity index (χ3v) is 7.98. The number of hydrogen-bond donors (Lipinski definition) is 3. The summed E-state index contributed by atoms with van der Waals surface area (Å²) in [6, 6.07) is 0. The fourth-order valence-electron chi connectivity index (χ4n) is 3.10. The summed E-state index contributed by atoms with van der Waals surface area (Å²) in [5, 5.41) is 5.16. The molecule has 0 aliphatic carbocycles. The summed E-state index contributed by atoms with van der Waals surface area (Å²) in [5.74, 6) is -1.70. The van der Waals surface area contributed by atoms with Crippen LogP contribution in [0.2, 0.25) is 0 Å². The van der Waals surface area contributed by atoms with E-state index in [-0.39, 0.29) is 39.2 Å². The zero-order valence-corrected chi connectivity index (χ0v) is 18.4. The Morgan fingerprint density at radius 2 is 1.55 bits per heavy atom. The van der Waals surface area contributed by atoms with Crippen molar-refractivity contribution >= 4 is 49.8 Å². The zero-order chi connectivity index (χ0) is 21.6. The Bertz CT molecular complexity index is 873. The number of nitrogens with two attached hydrogens (primary N) is 1. The molecule has 1 aromatic rings. The second-order valence-electron chi connectivity index (χ2n) is 6.89. The van der Waals surface area contributed by atoms with Gasteiger partial charge in [0.1, 0.15) is 5.00 Å². The molecule has 1 saturated heterocycles. The Kier molecular flexibility index (Phi) is 8.17. The Hall–Kier alpha value is -1.98. The quantitative estimate of drug-likeness (QED) is 0.537. The van der Waals surface area contributed by atoms with E-state index in [9.17, 15) is 22.8 Å². The predicted molar refractivity (Wildman–Crippen MR) is 113 cm³/mol. The summed E-state index contributed by atoms with van der Waals surface area (Å²) < 4.78 is 27.7. The highest BCUT2D eigenvalue weighted by atomic mass is 32.2. The molecule has 4 N–H and O–H groups in total. The van der Waals surface area contributed by atoms with Gasteiger partial charge in [0.05, 0.1) is 11.3 Å². The van der Waals surface area contributed by atoms with Gasteiger partial charge in [0.2, 0.25) is 11.8 Å². The minimum Gasteiger partial charge on any atom is -0.365 e. The molecule has 0 aromatic carbocycles. The van der Waals surface area contributed by atoms with E-state index in [1.54, 1.807) is 0 Å². The van der Waals surface area contributed by atoms with Crippen molar-refractivity contribution < 1.29 is 22.8 Å². The molecule has 9 nitrogen and oxygen atoms in total. The van der Waals surface area contributed by atoms with Gasteiger partial charge in [0.25, 0.3) is 15.9 Å². The molecule has 3 amide bonds. The second kappa shape index (κ2) is 10.2. The van der Waals surface area contributed by atoms with Crippen LogP contribution in [0.1, 0.15) is 69.2 Å². The zero-order valence-electron chi connectivity index (χ0n) is 16.7. The molecule has 0 saturated carbocycles. The lowest BCUT2D eigenvalue weighted by molar-refractivity contribution is -0.117. The molecule has 29 heavy (non-hydrogen) atoms. The topological polar surface area (TPSA) is 139 Å². The number of thiophene rings is 1. The van der Waals surface area contributed by atoms with E-state index >= 15 is 0 Å². The number of piperidine rings is 1. The average molecular weight is 445 g/mol. The van der Waals surface area contributed by atoms with Crippen molar-refractivity contribution in [3.05, 3.63) is 5.56 Å². The number of hydrogen-bond acceptors (Lipinski definition) is 6. The fraction of sp³-hybridized carbons (Fsp3) is 0.611. The normalized spacial score (nSPS) is 15.1. The molecular weight excluding hydrogens is 416 g/mol. The van der Waals surface area contributed by atoms with E-state index in [0.717, 1.165) is 30.6 Å². The van der Waals surface area contributed by atoms with Gasteiger partial charge in [-0.05, 0) is 25.7 Å². The van der Waals surface area contributed by atoms with Crippen molar-refractivity contribution in [2.75, 3.05) is 23.7 Å². The Balaban J connectivity index is 2.58. The number of sulfonamides is 1. The minimum atomic E-state index is -3.96. The standard InChI is InChI=1S/C18H28N4O5S2/c1-3-8-12(23)20-15-14(16(19)25)17(21-13(24)9-4-2)28-18(15)29(26,27)22-10-6-5-7-11-22/h3-11H2,1-2H3,(H2,19,25)(H,20,23)(H,21,24). The number of carbonyl (C=O) groups excluding carboxylic acids is 3. The molecule has 162 valence electrons. The number of anilines is 2. The first kappa shape index (κ1) is 23.3. The van der Waals surface area contributed by atoms with Crippen LogP contribution in [-0.4, -0.2) is 43.5 Å². The number of rotatable bonds is 9. The Morgan fingerprint density at radius 3 is 2.07 bits per heavy atom. The highest BCUT2D eigenvalue weighted by Gasteiger charge is 2.35. The molecule has 2 heterocycles. The molecule has 0 atom stereocenters. The summed E-state index contributed by atoms with van der Waals surface area (Å²) in [6.45, 7) is 4.37. The lowest BCUT2D eigenvalue weighted by atomic mass is 10.2. The second-order valence-corrected chi connectivity index (χ2v) is 10.0. The van der Waals surface area contributed by atoms with Crippen LogP contribution in [0, 0.1) is 0 Å². The predicted octanol–water partition coefficient (Wildman–Crippen LogP) is 2.50. The third kappa shape index (κ3) is 5.55. The van der Waals surface area contributed by atoms with Gasteiger partial charge in [-0.2, -0.15) is 4.31 Å². The van der Waals surface area contributed by atoms with Crippen LogP contribution in [0.4, 0.5) is 10.7 Å². The first-order valence-electron chi connectivity index (χ1n) is 9.78. The molecule has 0 unspecified atom stereocenters. The molecule has 2 rings (SSSR count). The molecule has 1 aromatic heterocycles. The number of amides is 3. The lowest BCUT2D eigenvalue weighted by Crippen LogP contribution is -2.35. The third-order valence-electron chi connectivity index (χ3n) is 4.48. The monoisotopic (exact) mass is 444 g/mol. The summed E-state index contributed by atoms with van der Waals surface area (Å²) in [7, 11) is -3.96. The Morgan fingerprint density at radius 1 is 1.00 bits per heavy atom. The maximum Gasteiger partial charge on any atom is 0.254 e. The van der Waals surface area contributed by atoms with Gasteiger partial charge in [-0.25, -0.2) is 8.42 Å². The summed E-state index contributed by atoms with van der Waals surface area (Å²) in [6.07, 6.45) is 3.94. The maximum absolute atomic E-state index is 13.3. The van der Waals surface area contributed by atoms with Crippen LogP contribution in [0.5, 0.6) is 0 Å². The van der Waals surface area contributed by atoms with Gasteiger partial charge < -0.3 is 16.4 Å². The molecule has 1 fully saturated rings. The van der Waals surface area contributed by atoms with Crippen molar-refractivity contribution in [3.8, 4) is 0 Å². The highest BCUT2D eigenvalue weighted by molar-refractivity contribution is 7.91. The van der Waals surface area contributed by atoms with E-state index in [0.29, 0.717) is 25.9 Å². The van der Waals surface area contributed by atoms with Gasteiger partial charge in [0.15, 0.2) is 4.21 Å². The summed E-state index contributed by atoms with van der Waals surface area (Å²) in [5.41, 5.74) is 5.19. The van der Waals surface area contributed by atoms with Crippen molar-refractivity contribution in [1.29, 1.82) is 0 Å². The van der Waals surface area contributed by atoms with Crippen LogP contribution >= 0.6 is 11.3 Å². The van der Waals surface area contributed by atoms with Crippen LogP contribution in [0.3, 0.4) is 0 Å². The van der Waals surface area contributed by atoms with Crippen LogP contribution in [0.15, 0.2) is 4.21 Å².